The molecule has 3 aromatic rings. The third-order valence-electron chi connectivity index (χ3n) is 3.90. The van der Waals surface area contributed by atoms with Gasteiger partial charge in [-0.1, -0.05) is 0 Å². The van der Waals surface area contributed by atoms with Crippen LogP contribution >= 0.6 is 0 Å². The Morgan fingerprint density at radius 3 is 2.71 bits per heavy atom. The minimum absolute atomic E-state index is 0.278. The largest absolute Gasteiger partial charge is 0.381 e. The smallest absolute Gasteiger partial charge is 0.225 e. The Hall–Kier alpha value is -2.74. The van der Waals surface area contributed by atoms with Gasteiger partial charge in [0.2, 0.25) is 11.9 Å². The zero-order valence-electron chi connectivity index (χ0n) is 12.9. The third kappa shape index (κ3) is 3.28. The van der Waals surface area contributed by atoms with Crippen molar-refractivity contribution in [2.24, 2.45) is 0 Å². The van der Waals surface area contributed by atoms with Gasteiger partial charge in [-0.25, -0.2) is 9.37 Å². The second kappa shape index (κ2) is 6.40. The summed E-state index contributed by atoms with van der Waals surface area (Å²) < 4.78 is 18.3. The lowest BCUT2D eigenvalue weighted by atomic mass is 10.1. The van der Waals surface area contributed by atoms with Gasteiger partial charge in [0, 0.05) is 24.9 Å². The number of imidazole rings is 1. The van der Waals surface area contributed by atoms with E-state index < -0.39 is 0 Å². The van der Waals surface area contributed by atoms with Gasteiger partial charge in [0.25, 0.3) is 0 Å². The normalized spacial score (nSPS) is 15.5. The topological polar surface area (TPSA) is 87.8 Å². The highest BCUT2D eigenvalue weighted by Crippen LogP contribution is 2.19. The molecule has 0 saturated carbocycles. The summed E-state index contributed by atoms with van der Waals surface area (Å²) in [7, 11) is 0. The number of anilines is 3. The molecule has 0 radical (unpaired) electrons. The Balaban J connectivity index is 1.51. The molecular formula is C16H17FN6O. The quantitative estimate of drug-likeness (QED) is 0.682. The summed E-state index contributed by atoms with van der Waals surface area (Å²) in [4.78, 5) is 16.3. The third-order valence-corrected chi connectivity index (χ3v) is 3.90. The first-order valence-electron chi connectivity index (χ1n) is 7.86. The highest BCUT2D eigenvalue weighted by atomic mass is 19.1. The van der Waals surface area contributed by atoms with Crippen LogP contribution in [0.2, 0.25) is 0 Å². The number of hydrogen-bond donors (Lipinski definition) is 3. The predicted molar refractivity (Wildman–Crippen MR) is 88.8 cm³/mol. The molecule has 0 atom stereocenters. The number of fused-ring (bicyclic) bond motifs is 1. The summed E-state index contributed by atoms with van der Waals surface area (Å²) in [5.74, 6) is 0.822. The fraction of sp³-hybridized carbons (Fsp3) is 0.312. The fourth-order valence-corrected chi connectivity index (χ4v) is 2.63. The lowest BCUT2D eigenvalue weighted by Crippen LogP contribution is -2.28. The summed E-state index contributed by atoms with van der Waals surface area (Å²) in [5, 5.41) is 6.40. The van der Waals surface area contributed by atoms with Crippen LogP contribution in [0.4, 0.5) is 22.0 Å². The maximum atomic E-state index is 12.9. The minimum atomic E-state index is -0.278. The molecule has 1 saturated heterocycles. The molecule has 0 aliphatic carbocycles. The van der Waals surface area contributed by atoms with Crippen molar-refractivity contribution in [1.82, 2.24) is 19.9 Å². The van der Waals surface area contributed by atoms with Crippen molar-refractivity contribution in [3.8, 4) is 0 Å². The molecular weight excluding hydrogens is 311 g/mol. The van der Waals surface area contributed by atoms with Gasteiger partial charge in [0.15, 0.2) is 5.65 Å². The molecule has 24 heavy (non-hydrogen) atoms. The zero-order valence-corrected chi connectivity index (χ0v) is 12.9. The van der Waals surface area contributed by atoms with E-state index in [1.165, 1.54) is 12.1 Å². The number of H-pyrrole nitrogens is 1. The van der Waals surface area contributed by atoms with E-state index in [9.17, 15) is 4.39 Å². The summed E-state index contributed by atoms with van der Waals surface area (Å²) in [6, 6.07) is 6.40. The lowest BCUT2D eigenvalue weighted by molar-refractivity contribution is 0.0903. The molecule has 2 aromatic heterocycles. The molecule has 0 bridgehead atoms. The predicted octanol–water partition coefficient (Wildman–Crippen LogP) is 2.83. The Morgan fingerprint density at radius 1 is 1.12 bits per heavy atom. The van der Waals surface area contributed by atoms with Crippen molar-refractivity contribution in [3.63, 3.8) is 0 Å². The Labute approximate surface area is 137 Å². The molecule has 8 heteroatoms. The van der Waals surface area contributed by atoms with Crippen molar-refractivity contribution in [1.29, 1.82) is 0 Å². The molecule has 1 aliphatic heterocycles. The summed E-state index contributed by atoms with van der Waals surface area (Å²) >= 11 is 0. The molecule has 1 aliphatic rings. The van der Waals surface area contributed by atoms with Crippen LogP contribution in [0, 0.1) is 5.82 Å². The van der Waals surface area contributed by atoms with Gasteiger partial charge in [-0.05, 0) is 37.1 Å². The summed E-state index contributed by atoms with van der Waals surface area (Å²) in [5.41, 5.74) is 2.05. The number of aromatic nitrogens is 4. The molecule has 1 aromatic carbocycles. The van der Waals surface area contributed by atoms with Crippen LogP contribution in [0.3, 0.4) is 0 Å². The first kappa shape index (κ1) is 14.8. The maximum absolute atomic E-state index is 12.9. The number of nitrogens with one attached hydrogen (secondary N) is 3. The molecule has 0 amide bonds. The van der Waals surface area contributed by atoms with Crippen LogP contribution in [0.1, 0.15) is 12.8 Å². The molecule has 4 rings (SSSR count). The van der Waals surface area contributed by atoms with E-state index >= 15 is 0 Å². The van der Waals surface area contributed by atoms with Crippen LogP contribution in [0.25, 0.3) is 11.2 Å². The Kier molecular flexibility index (Phi) is 3.96. The number of nitrogens with zero attached hydrogens (tertiary/aromatic N) is 3. The second-order valence-electron chi connectivity index (χ2n) is 5.68. The Morgan fingerprint density at radius 2 is 1.92 bits per heavy atom. The number of hydrogen-bond acceptors (Lipinski definition) is 6. The van der Waals surface area contributed by atoms with Gasteiger partial charge in [-0.2, -0.15) is 9.97 Å². The van der Waals surface area contributed by atoms with E-state index in [1.54, 1.807) is 18.3 Å². The maximum Gasteiger partial charge on any atom is 0.225 e. The molecule has 3 N–H and O–H groups in total. The number of benzene rings is 1. The van der Waals surface area contributed by atoms with E-state index in [0.29, 0.717) is 23.6 Å². The first-order chi connectivity index (χ1) is 11.8. The van der Waals surface area contributed by atoms with Crippen molar-refractivity contribution in [2.75, 3.05) is 23.8 Å². The van der Waals surface area contributed by atoms with E-state index in [4.69, 9.17) is 4.74 Å². The van der Waals surface area contributed by atoms with E-state index in [-0.39, 0.29) is 5.82 Å². The van der Waals surface area contributed by atoms with Gasteiger partial charge in [-0.15, -0.1) is 0 Å². The van der Waals surface area contributed by atoms with Crippen LogP contribution in [-0.2, 0) is 4.74 Å². The molecule has 0 unspecified atom stereocenters. The molecule has 7 nitrogen and oxygen atoms in total. The Bertz CT molecular complexity index is 828. The standard InChI is InChI=1S/C16H17FN6O/c17-10-1-3-11(4-2-10)20-16-21-13-9-18-15(22-14(13)23-16)19-12-5-7-24-8-6-12/h1-4,9,12H,5-8H2,(H3,18,19,20,21,22,23). The minimum Gasteiger partial charge on any atom is -0.381 e. The zero-order chi connectivity index (χ0) is 16.4. The van der Waals surface area contributed by atoms with Crippen molar-refractivity contribution < 1.29 is 9.13 Å². The van der Waals surface area contributed by atoms with Crippen LogP contribution < -0.4 is 10.6 Å². The summed E-state index contributed by atoms with van der Waals surface area (Å²) in [6.07, 6.45) is 3.59. The molecule has 124 valence electrons. The monoisotopic (exact) mass is 328 g/mol. The molecule has 1 fully saturated rings. The first-order valence-corrected chi connectivity index (χ1v) is 7.86. The fourth-order valence-electron chi connectivity index (χ4n) is 2.63. The highest BCUT2D eigenvalue weighted by molar-refractivity contribution is 5.74. The van der Waals surface area contributed by atoms with E-state index in [1.807, 2.05) is 0 Å². The number of ether oxygens (including phenoxy) is 1. The van der Waals surface area contributed by atoms with E-state index in [0.717, 1.165) is 37.3 Å². The summed E-state index contributed by atoms with van der Waals surface area (Å²) in [6.45, 7) is 1.52. The lowest BCUT2D eigenvalue weighted by Gasteiger charge is -2.22. The molecule has 3 heterocycles. The van der Waals surface area contributed by atoms with Gasteiger partial charge in [0.1, 0.15) is 11.3 Å². The number of aromatic amines is 1. The van der Waals surface area contributed by atoms with Crippen LogP contribution in [0.15, 0.2) is 30.5 Å². The van der Waals surface area contributed by atoms with Gasteiger partial charge in [0.05, 0.1) is 6.20 Å². The number of rotatable bonds is 4. The van der Waals surface area contributed by atoms with Gasteiger partial charge >= 0.3 is 0 Å². The molecule has 0 spiro atoms. The van der Waals surface area contributed by atoms with Crippen LogP contribution in [-0.4, -0.2) is 39.2 Å². The average molecular weight is 328 g/mol. The second-order valence-corrected chi connectivity index (χ2v) is 5.68. The number of halogens is 1. The van der Waals surface area contributed by atoms with Crippen LogP contribution in [0.5, 0.6) is 0 Å². The average Bonchev–Trinajstić information content (AvgIpc) is 2.99. The van der Waals surface area contributed by atoms with Gasteiger partial charge < -0.3 is 20.4 Å². The van der Waals surface area contributed by atoms with Gasteiger partial charge in [-0.3, -0.25) is 0 Å². The van der Waals surface area contributed by atoms with Crippen molar-refractivity contribution in [3.05, 3.63) is 36.3 Å². The highest BCUT2D eigenvalue weighted by Gasteiger charge is 2.15. The van der Waals surface area contributed by atoms with Crippen molar-refractivity contribution in [2.45, 2.75) is 18.9 Å². The SMILES string of the molecule is Fc1ccc(Nc2nc3nc(NC4CCOCC4)ncc3[nH]2)cc1. The van der Waals surface area contributed by atoms with E-state index in [2.05, 4.69) is 30.6 Å². The van der Waals surface area contributed by atoms with Crippen molar-refractivity contribution >= 4 is 28.7 Å².